The van der Waals surface area contributed by atoms with E-state index in [0.717, 1.165) is 25.9 Å². The van der Waals surface area contributed by atoms with Crippen molar-refractivity contribution in [2.24, 2.45) is 10.8 Å². The SMILES string of the molecule is CC1(C(=O)N2CCC3(CCNC3)CC2)CCCC1.Cl. The molecule has 2 aliphatic heterocycles. The van der Waals surface area contributed by atoms with E-state index in [1.807, 2.05) is 0 Å². The van der Waals surface area contributed by atoms with E-state index in [9.17, 15) is 4.79 Å². The predicted molar refractivity (Wildman–Crippen MR) is 79.6 cm³/mol. The molecule has 2 heterocycles. The lowest BCUT2D eigenvalue weighted by molar-refractivity contribution is -0.143. The van der Waals surface area contributed by atoms with E-state index in [2.05, 4.69) is 17.1 Å². The first kappa shape index (κ1) is 15.1. The maximum atomic E-state index is 12.6. The number of carbonyl (C=O) groups is 1. The minimum atomic E-state index is -0.0293. The van der Waals surface area contributed by atoms with Crippen LogP contribution in [-0.4, -0.2) is 37.0 Å². The molecule has 0 aromatic rings. The highest BCUT2D eigenvalue weighted by atomic mass is 35.5. The van der Waals surface area contributed by atoms with Crippen LogP contribution < -0.4 is 5.32 Å². The molecule has 3 rings (SSSR count). The van der Waals surface area contributed by atoms with Gasteiger partial charge in [0.15, 0.2) is 0 Å². The fraction of sp³-hybridized carbons (Fsp3) is 0.933. The Hall–Kier alpha value is -0.280. The zero-order valence-electron chi connectivity index (χ0n) is 12.0. The second-order valence-corrected chi connectivity index (χ2v) is 6.99. The number of rotatable bonds is 1. The van der Waals surface area contributed by atoms with Crippen LogP contribution in [0.5, 0.6) is 0 Å². The van der Waals surface area contributed by atoms with Crippen molar-refractivity contribution >= 4 is 18.3 Å². The Labute approximate surface area is 122 Å². The molecule has 0 radical (unpaired) electrons. The topological polar surface area (TPSA) is 32.3 Å². The second kappa shape index (κ2) is 5.61. The zero-order valence-corrected chi connectivity index (χ0v) is 12.9. The average molecular weight is 287 g/mol. The smallest absolute Gasteiger partial charge is 0.228 e. The van der Waals surface area contributed by atoms with E-state index >= 15 is 0 Å². The van der Waals surface area contributed by atoms with Crippen LogP contribution in [0.3, 0.4) is 0 Å². The van der Waals surface area contributed by atoms with Gasteiger partial charge in [-0.05, 0) is 44.1 Å². The van der Waals surface area contributed by atoms with Crippen LogP contribution in [0.1, 0.15) is 51.9 Å². The minimum Gasteiger partial charge on any atom is -0.342 e. The summed E-state index contributed by atoms with van der Waals surface area (Å²) >= 11 is 0. The Morgan fingerprint density at radius 1 is 1.05 bits per heavy atom. The van der Waals surface area contributed by atoms with Gasteiger partial charge in [-0.3, -0.25) is 4.79 Å². The van der Waals surface area contributed by atoms with Gasteiger partial charge < -0.3 is 10.2 Å². The van der Waals surface area contributed by atoms with Gasteiger partial charge in [0, 0.05) is 25.0 Å². The van der Waals surface area contributed by atoms with Crippen molar-refractivity contribution in [2.75, 3.05) is 26.2 Å². The summed E-state index contributed by atoms with van der Waals surface area (Å²) < 4.78 is 0. The Morgan fingerprint density at radius 3 is 2.21 bits per heavy atom. The third-order valence-electron chi connectivity index (χ3n) is 5.67. The number of halogens is 1. The lowest BCUT2D eigenvalue weighted by Gasteiger charge is -2.41. The number of carbonyl (C=O) groups excluding carboxylic acids is 1. The highest BCUT2D eigenvalue weighted by Crippen LogP contribution is 2.42. The molecule has 3 fully saturated rings. The largest absolute Gasteiger partial charge is 0.342 e. The Morgan fingerprint density at radius 2 is 1.68 bits per heavy atom. The van der Waals surface area contributed by atoms with Gasteiger partial charge >= 0.3 is 0 Å². The van der Waals surface area contributed by atoms with Crippen molar-refractivity contribution in [1.82, 2.24) is 10.2 Å². The molecule has 0 aromatic heterocycles. The summed E-state index contributed by atoms with van der Waals surface area (Å²) in [7, 11) is 0. The van der Waals surface area contributed by atoms with Gasteiger partial charge in [-0.2, -0.15) is 0 Å². The Balaban J connectivity index is 0.00000133. The average Bonchev–Trinajstić information content (AvgIpc) is 3.01. The number of piperidine rings is 1. The molecule has 1 saturated carbocycles. The molecule has 3 nitrogen and oxygen atoms in total. The molecule has 2 saturated heterocycles. The summed E-state index contributed by atoms with van der Waals surface area (Å²) in [4.78, 5) is 14.8. The van der Waals surface area contributed by atoms with Crippen molar-refractivity contribution in [1.29, 1.82) is 0 Å². The summed E-state index contributed by atoms with van der Waals surface area (Å²) in [6.45, 7) is 6.52. The van der Waals surface area contributed by atoms with Crippen LogP contribution in [0.15, 0.2) is 0 Å². The number of likely N-dealkylation sites (tertiary alicyclic amines) is 1. The van der Waals surface area contributed by atoms with Gasteiger partial charge in [0.25, 0.3) is 0 Å². The molecule has 3 aliphatic rings. The van der Waals surface area contributed by atoms with Gasteiger partial charge in [-0.15, -0.1) is 12.4 Å². The molecule has 0 unspecified atom stereocenters. The normalized spacial score (nSPS) is 28.4. The highest BCUT2D eigenvalue weighted by molar-refractivity contribution is 5.85. The third-order valence-corrected chi connectivity index (χ3v) is 5.67. The van der Waals surface area contributed by atoms with Crippen LogP contribution in [0, 0.1) is 10.8 Å². The summed E-state index contributed by atoms with van der Waals surface area (Å²) in [6.07, 6.45) is 8.42. The highest BCUT2D eigenvalue weighted by Gasteiger charge is 2.43. The fourth-order valence-electron chi connectivity index (χ4n) is 4.16. The summed E-state index contributed by atoms with van der Waals surface area (Å²) in [5, 5.41) is 3.49. The molecule has 0 bridgehead atoms. The Kier molecular flexibility index (Phi) is 4.46. The molecular formula is C15H27ClN2O. The molecule has 0 aromatic carbocycles. The molecule has 110 valence electrons. The maximum absolute atomic E-state index is 12.6. The third kappa shape index (κ3) is 2.78. The molecular weight excluding hydrogens is 260 g/mol. The summed E-state index contributed by atoms with van der Waals surface area (Å²) in [6, 6.07) is 0. The molecule has 1 amide bonds. The van der Waals surface area contributed by atoms with Crippen LogP contribution in [0.2, 0.25) is 0 Å². The molecule has 19 heavy (non-hydrogen) atoms. The van der Waals surface area contributed by atoms with E-state index in [1.54, 1.807) is 0 Å². The van der Waals surface area contributed by atoms with Gasteiger partial charge in [-0.1, -0.05) is 19.8 Å². The first-order valence-corrected chi connectivity index (χ1v) is 7.64. The predicted octanol–water partition coefficient (Wildman–Crippen LogP) is 2.59. The van der Waals surface area contributed by atoms with E-state index < -0.39 is 0 Å². The van der Waals surface area contributed by atoms with Crippen molar-refractivity contribution in [3.05, 3.63) is 0 Å². The number of nitrogens with one attached hydrogen (secondary N) is 1. The van der Waals surface area contributed by atoms with Crippen molar-refractivity contribution < 1.29 is 4.79 Å². The molecule has 0 atom stereocenters. The van der Waals surface area contributed by atoms with E-state index in [-0.39, 0.29) is 17.8 Å². The lowest BCUT2D eigenvalue weighted by atomic mass is 9.77. The van der Waals surface area contributed by atoms with E-state index in [4.69, 9.17) is 0 Å². The molecule has 1 spiro atoms. The standard InChI is InChI=1S/C15H26N2O.ClH/c1-14(4-2-3-5-14)13(18)17-10-7-15(8-11-17)6-9-16-12-15;/h16H,2-12H2,1H3;1H. The van der Waals surface area contributed by atoms with Crippen LogP contribution in [-0.2, 0) is 4.79 Å². The summed E-state index contributed by atoms with van der Waals surface area (Å²) in [5.74, 6) is 0.445. The monoisotopic (exact) mass is 286 g/mol. The van der Waals surface area contributed by atoms with Gasteiger partial charge in [-0.25, -0.2) is 0 Å². The first-order valence-electron chi connectivity index (χ1n) is 7.64. The maximum Gasteiger partial charge on any atom is 0.228 e. The van der Waals surface area contributed by atoms with E-state index in [0.29, 0.717) is 11.3 Å². The fourth-order valence-corrected chi connectivity index (χ4v) is 4.16. The van der Waals surface area contributed by atoms with Crippen LogP contribution >= 0.6 is 12.4 Å². The van der Waals surface area contributed by atoms with Crippen LogP contribution in [0.4, 0.5) is 0 Å². The minimum absolute atomic E-state index is 0. The van der Waals surface area contributed by atoms with Crippen LogP contribution in [0.25, 0.3) is 0 Å². The number of hydrogen-bond donors (Lipinski definition) is 1. The summed E-state index contributed by atoms with van der Waals surface area (Å²) in [5.41, 5.74) is 0.492. The Bertz CT molecular complexity index is 323. The van der Waals surface area contributed by atoms with Crippen molar-refractivity contribution in [2.45, 2.75) is 51.9 Å². The molecule has 4 heteroatoms. The second-order valence-electron chi connectivity index (χ2n) is 6.99. The van der Waals surface area contributed by atoms with Gasteiger partial charge in [0.05, 0.1) is 0 Å². The lowest BCUT2D eigenvalue weighted by Crippen LogP contribution is -2.48. The van der Waals surface area contributed by atoms with E-state index in [1.165, 1.54) is 45.2 Å². The molecule has 1 N–H and O–H groups in total. The molecule has 1 aliphatic carbocycles. The van der Waals surface area contributed by atoms with Crippen molar-refractivity contribution in [3.63, 3.8) is 0 Å². The number of hydrogen-bond acceptors (Lipinski definition) is 2. The number of nitrogens with zero attached hydrogens (tertiary/aromatic N) is 1. The van der Waals surface area contributed by atoms with Crippen molar-refractivity contribution in [3.8, 4) is 0 Å². The van der Waals surface area contributed by atoms with Gasteiger partial charge in [0.2, 0.25) is 5.91 Å². The number of amides is 1. The zero-order chi connectivity index (χ0) is 12.6. The van der Waals surface area contributed by atoms with Gasteiger partial charge in [0.1, 0.15) is 0 Å². The first-order chi connectivity index (χ1) is 8.64. The quantitative estimate of drug-likeness (QED) is 0.804.